The van der Waals surface area contributed by atoms with E-state index in [9.17, 15) is 4.79 Å². The number of amides is 1. The molecule has 1 atom stereocenters. The molecule has 25 heavy (non-hydrogen) atoms. The lowest BCUT2D eigenvalue weighted by atomic mass is 10.1. The van der Waals surface area contributed by atoms with Crippen molar-refractivity contribution in [2.45, 2.75) is 57.2 Å². The van der Waals surface area contributed by atoms with E-state index in [2.05, 4.69) is 6.92 Å². The van der Waals surface area contributed by atoms with Crippen LogP contribution in [0.3, 0.4) is 0 Å². The highest BCUT2D eigenvalue weighted by molar-refractivity contribution is 7.99. The van der Waals surface area contributed by atoms with E-state index in [1.807, 2.05) is 34.9 Å². The summed E-state index contributed by atoms with van der Waals surface area (Å²) in [6.07, 6.45) is 7.90. The Morgan fingerprint density at radius 3 is 2.36 bits per heavy atom. The highest BCUT2D eigenvalue weighted by atomic mass is 32.2. The van der Waals surface area contributed by atoms with E-state index < -0.39 is 0 Å². The van der Waals surface area contributed by atoms with Crippen molar-refractivity contribution in [3.63, 3.8) is 0 Å². The Balaban J connectivity index is 1.94. The van der Waals surface area contributed by atoms with Gasteiger partial charge in [0.1, 0.15) is 16.9 Å². The molecule has 0 radical (unpaired) electrons. The topological polar surface area (TPSA) is 38.8 Å². The van der Waals surface area contributed by atoms with E-state index in [0.29, 0.717) is 6.42 Å². The predicted octanol–water partition coefficient (Wildman–Crippen LogP) is 5.03. The zero-order valence-electron chi connectivity index (χ0n) is 15.8. The van der Waals surface area contributed by atoms with E-state index in [4.69, 9.17) is 9.47 Å². The van der Waals surface area contributed by atoms with Crippen LogP contribution in [0.4, 0.5) is 0 Å². The number of methoxy groups -OCH3 is 2. The molecule has 0 bridgehead atoms. The minimum atomic E-state index is 0.0663. The lowest BCUT2D eigenvalue weighted by Crippen LogP contribution is -2.30. The number of nitrogens with zero attached hydrogens (tertiary/aromatic N) is 1. The van der Waals surface area contributed by atoms with Crippen molar-refractivity contribution in [2.24, 2.45) is 0 Å². The maximum absolute atomic E-state index is 12.7. The van der Waals surface area contributed by atoms with Crippen LogP contribution < -0.4 is 9.47 Å². The smallest absolute Gasteiger partial charge is 0.223 e. The van der Waals surface area contributed by atoms with E-state index in [-0.39, 0.29) is 11.3 Å². The zero-order valence-corrected chi connectivity index (χ0v) is 16.6. The van der Waals surface area contributed by atoms with Gasteiger partial charge in [-0.05, 0) is 24.1 Å². The first-order valence-electron chi connectivity index (χ1n) is 9.33. The molecule has 5 heteroatoms. The summed E-state index contributed by atoms with van der Waals surface area (Å²) in [5, 5.41) is 0.0663. The van der Waals surface area contributed by atoms with Gasteiger partial charge in [-0.15, -0.1) is 11.8 Å². The van der Waals surface area contributed by atoms with Crippen LogP contribution in [0.1, 0.15) is 62.8 Å². The SMILES string of the molecule is CCCCCCCCC(=O)N1CCSC1c1cc(OC)cc(OC)c1. The summed E-state index contributed by atoms with van der Waals surface area (Å²) in [4.78, 5) is 14.7. The Morgan fingerprint density at radius 1 is 1.08 bits per heavy atom. The van der Waals surface area contributed by atoms with Crippen LogP contribution in [0, 0.1) is 0 Å². The van der Waals surface area contributed by atoms with Gasteiger partial charge in [0, 0.05) is 24.8 Å². The summed E-state index contributed by atoms with van der Waals surface area (Å²) in [6.45, 7) is 3.05. The molecule has 0 aromatic heterocycles. The summed E-state index contributed by atoms with van der Waals surface area (Å²) >= 11 is 1.81. The van der Waals surface area contributed by atoms with Crippen LogP contribution in [0.25, 0.3) is 0 Å². The molecule has 2 rings (SSSR count). The Bertz CT molecular complexity index is 527. The van der Waals surface area contributed by atoms with Gasteiger partial charge in [-0.2, -0.15) is 0 Å². The Labute approximate surface area is 156 Å². The Hall–Kier alpha value is -1.36. The van der Waals surface area contributed by atoms with Gasteiger partial charge < -0.3 is 14.4 Å². The molecule has 1 aliphatic rings. The number of carbonyl (C=O) groups excluding carboxylic acids is 1. The lowest BCUT2D eigenvalue weighted by Gasteiger charge is -2.25. The third-order valence-corrected chi connectivity index (χ3v) is 5.88. The number of ether oxygens (including phenoxy) is 2. The fraction of sp³-hybridized carbons (Fsp3) is 0.650. The molecule has 1 aromatic rings. The number of unbranched alkanes of at least 4 members (excludes halogenated alkanes) is 5. The van der Waals surface area contributed by atoms with Gasteiger partial charge in [0.15, 0.2) is 0 Å². The fourth-order valence-electron chi connectivity index (χ4n) is 3.17. The van der Waals surface area contributed by atoms with Gasteiger partial charge in [0.2, 0.25) is 5.91 Å². The fourth-order valence-corrected chi connectivity index (χ4v) is 4.43. The van der Waals surface area contributed by atoms with Crippen LogP contribution in [-0.2, 0) is 4.79 Å². The second-order valence-corrected chi connectivity index (χ2v) is 7.66. The van der Waals surface area contributed by atoms with Crippen LogP contribution in [0.5, 0.6) is 11.5 Å². The first-order chi connectivity index (χ1) is 12.2. The molecule has 0 saturated carbocycles. The summed E-state index contributed by atoms with van der Waals surface area (Å²) in [6, 6.07) is 5.89. The molecule has 0 N–H and O–H groups in total. The summed E-state index contributed by atoms with van der Waals surface area (Å²) < 4.78 is 10.7. The van der Waals surface area contributed by atoms with Crippen molar-refractivity contribution < 1.29 is 14.3 Å². The highest BCUT2D eigenvalue weighted by Gasteiger charge is 2.30. The minimum absolute atomic E-state index is 0.0663. The molecular formula is C20H31NO3S. The second-order valence-electron chi connectivity index (χ2n) is 6.47. The maximum atomic E-state index is 12.7. The predicted molar refractivity (Wildman–Crippen MR) is 104 cm³/mol. The Kier molecular flexibility index (Phi) is 8.45. The third-order valence-electron chi connectivity index (χ3n) is 4.61. The van der Waals surface area contributed by atoms with Gasteiger partial charge in [-0.3, -0.25) is 4.79 Å². The first-order valence-corrected chi connectivity index (χ1v) is 10.4. The molecule has 4 nitrogen and oxygen atoms in total. The van der Waals surface area contributed by atoms with Crippen molar-refractivity contribution in [3.8, 4) is 11.5 Å². The van der Waals surface area contributed by atoms with Gasteiger partial charge in [-0.25, -0.2) is 0 Å². The number of hydrogen-bond acceptors (Lipinski definition) is 4. The maximum Gasteiger partial charge on any atom is 0.223 e. The number of benzene rings is 1. The first kappa shape index (κ1) is 20.0. The van der Waals surface area contributed by atoms with E-state index in [1.54, 1.807) is 14.2 Å². The monoisotopic (exact) mass is 365 g/mol. The summed E-state index contributed by atoms with van der Waals surface area (Å²) in [5.41, 5.74) is 1.08. The number of thioether (sulfide) groups is 1. The van der Waals surface area contributed by atoms with Crippen molar-refractivity contribution >= 4 is 17.7 Å². The minimum Gasteiger partial charge on any atom is -0.497 e. The highest BCUT2D eigenvalue weighted by Crippen LogP contribution is 2.41. The average Bonchev–Trinajstić information content (AvgIpc) is 3.13. The average molecular weight is 366 g/mol. The molecule has 140 valence electrons. The quantitative estimate of drug-likeness (QED) is 0.545. The van der Waals surface area contributed by atoms with Crippen LogP contribution in [0.2, 0.25) is 0 Å². The van der Waals surface area contributed by atoms with Gasteiger partial charge >= 0.3 is 0 Å². The summed E-state index contributed by atoms with van der Waals surface area (Å²) in [5.74, 6) is 2.79. The van der Waals surface area contributed by atoms with E-state index in [0.717, 1.165) is 42.2 Å². The standard InChI is InChI=1S/C20H31NO3S/c1-4-5-6-7-8-9-10-19(22)21-11-12-25-20(21)16-13-17(23-2)15-18(14-16)24-3/h13-15,20H,4-12H2,1-3H3. The van der Waals surface area contributed by atoms with Gasteiger partial charge in [0.25, 0.3) is 0 Å². The van der Waals surface area contributed by atoms with Gasteiger partial charge in [-0.1, -0.05) is 39.0 Å². The van der Waals surface area contributed by atoms with E-state index in [1.165, 1.54) is 25.7 Å². The number of hydrogen-bond donors (Lipinski definition) is 0. The second kappa shape index (κ2) is 10.6. The van der Waals surface area contributed by atoms with E-state index >= 15 is 0 Å². The number of carbonyl (C=O) groups is 1. The van der Waals surface area contributed by atoms with Crippen molar-refractivity contribution in [1.29, 1.82) is 0 Å². The summed E-state index contributed by atoms with van der Waals surface area (Å²) in [7, 11) is 3.31. The number of rotatable bonds is 10. The molecule has 0 aliphatic carbocycles. The van der Waals surface area contributed by atoms with Crippen molar-refractivity contribution in [1.82, 2.24) is 4.90 Å². The molecule has 1 aromatic carbocycles. The van der Waals surface area contributed by atoms with Crippen LogP contribution >= 0.6 is 11.8 Å². The normalized spacial score (nSPS) is 16.9. The van der Waals surface area contributed by atoms with Crippen LogP contribution in [-0.4, -0.2) is 37.3 Å². The molecule has 1 heterocycles. The molecule has 1 aliphatic heterocycles. The van der Waals surface area contributed by atoms with Crippen LogP contribution in [0.15, 0.2) is 18.2 Å². The van der Waals surface area contributed by atoms with Gasteiger partial charge in [0.05, 0.1) is 14.2 Å². The largest absolute Gasteiger partial charge is 0.497 e. The third kappa shape index (κ3) is 5.84. The zero-order chi connectivity index (χ0) is 18.1. The molecular weight excluding hydrogens is 334 g/mol. The molecule has 1 amide bonds. The van der Waals surface area contributed by atoms with Crippen molar-refractivity contribution in [3.05, 3.63) is 23.8 Å². The molecule has 1 fully saturated rings. The van der Waals surface area contributed by atoms with Crippen molar-refractivity contribution in [2.75, 3.05) is 26.5 Å². The lowest BCUT2D eigenvalue weighted by molar-refractivity contribution is -0.131. The molecule has 1 saturated heterocycles. The molecule has 1 unspecified atom stereocenters. The molecule has 0 spiro atoms. The Morgan fingerprint density at radius 2 is 1.72 bits per heavy atom.